The van der Waals surface area contributed by atoms with Gasteiger partial charge in [-0.15, -0.1) is 11.8 Å². The highest BCUT2D eigenvalue weighted by Gasteiger charge is 2.32. The third kappa shape index (κ3) is 6.21. The summed E-state index contributed by atoms with van der Waals surface area (Å²) < 4.78 is 28.4. The lowest BCUT2D eigenvalue weighted by molar-refractivity contribution is -0.128. The lowest BCUT2D eigenvalue weighted by Crippen LogP contribution is -2.27. The number of thioether (sulfide) groups is 1. The normalized spacial score (nSPS) is 15.2. The summed E-state index contributed by atoms with van der Waals surface area (Å²) in [6.07, 6.45) is 0. The number of nitrogens with one attached hydrogen (secondary N) is 2. The number of carbonyl (C=O) groups is 2. The number of hydrogen-bond acceptors (Lipinski definition) is 5. The zero-order chi connectivity index (χ0) is 28.3. The van der Waals surface area contributed by atoms with Gasteiger partial charge in [-0.3, -0.25) is 14.3 Å². The first-order chi connectivity index (χ1) is 19.2. The van der Waals surface area contributed by atoms with Crippen LogP contribution in [0.5, 0.6) is 0 Å². The van der Waals surface area contributed by atoms with E-state index in [9.17, 15) is 18.0 Å². The lowest BCUT2D eigenvalue weighted by Gasteiger charge is -2.24. The van der Waals surface area contributed by atoms with Crippen LogP contribution in [0.3, 0.4) is 0 Å². The number of nitrogens with zero attached hydrogens (tertiary/aromatic N) is 1. The predicted molar refractivity (Wildman–Crippen MR) is 160 cm³/mol. The van der Waals surface area contributed by atoms with Gasteiger partial charge in [0.1, 0.15) is 5.37 Å². The molecule has 1 aliphatic rings. The van der Waals surface area contributed by atoms with Crippen LogP contribution in [-0.2, 0) is 21.4 Å². The van der Waals surface area contributed by atoms with Crippen molar-refractivity contribution in [3.8, 4) is 0 Å². The van der Waals surface area contributed by atoms with E-state index in [1.54, 1.807) is 42.1 Å². The number of carbonyl (C=O) groups excluding carboxylic acids is 2. The molecule has 0 bridgehead atoms. The van der Waals surface area contributed by atoms with Gasteiger partial charge in [-0.25, -0.2) is 8.42 Å². The van der Waals surface area contributed by atoms with Crippen LogP contribution in [0.15, 0.2) is 102 Å². The number of sulfonamides is 1. The first kappa shape index (κ1) is 27.5. The summed E-state index contributed by atoms with van der Waals surface area (Å²) in [7, 11) is -3.78. The van der Waals surface area contributed by atoms with E-state index in [0.29, 0.717) is 29.2 Å². The van der Waals surface area contributed by atoms with Crippen LogP contribution >= 0.6 is 11.8 Å². The number of rotatable bonds is 8. The average molecular weight is 572 g/mol. The zero-order valence-electron chi connectivity index (χ0n) is 22.1. The van der Waals surface area contributed by atoms with Gasteiger partial charge in [-0.1, -0.05) is 54.6 Å². The molecule has 0 aromatic heterocycles. The Hall–Kier alpha value is -4.08. The molecule has 0 radical (unpaired) electrons. The van der Waals surface area contributed by atoms with E-state index >= 15 is 0 Å². The fourth-order valence-corrected chi connectivity index (χ4v) is 6.76. The Morgan fingerprint density at radius 3 is 2.33 bits per heavy atom. The second-order valence-corrected chi connectivity index (χ2v) is 12.4. The van der Waals surface area contributed by atoms with Crippen LogP contribution in [-0.4, -0.2) is 30.9 Å². The molecule has 2 N–H and O–H groups in total. The molecule has 5 rings (SSSR count). The second kappa shape index (κ2) is 11.6. The summed E-state index contributed by atoms with van der Waals surface area (Å²) in [6.45, 7) is 4.28. The van der Waals surface area contributed by atoms with Crippen molar-refractivity contribution in [2.75, 3.05) is 15.8 Å². The molecule has 4 aromatic rings. The molecule has 4 aromatic carbocycles. The van der Waals surface area contributed by atoms with Crippen LogP contribution in [0, 0.1) is 13.8 Å². The minimum atomic E-state index is -3.78. The number of amides is 2. The molecule has 204 valence electrons. The highest BCUT2D eigenvalue weighted by molar-refractivity contribution is 8.00. The summed E-state index contributed by atoms with van der Waals surface area (Å²) >= 11 is 1.57. The summed E-state index contributed by atoms with van der Waals surface area (Å²) in [4.78, 5) is 27.4. The lowest BCUT2D eigenvalue weighted by atomic mass is 10.1. The number of aryl methyl sites for hydroxylation is 2. The zero-order valence-corrected chi connectivity index (χ0v) is 23.8. The van der Waals surface area contributed by atoms with Crippen molar-refractivity contribution in [1.29, 1.82) is 0 Å². The molecular formula is C31H29N3O4S2. The van der Waals surface area contributed by atoms with Gasteiger partial charge in [0, 0.05) is 17.8 Å². The number of hydrogen-bond donors (Lipinski definition) is 2. The highest BCUT2D eigenvalue weighted by atomic mass is 32.2. The van der Waals surface area contributed by atoms with E-state index in [1.807, 2.05) is 73.3 Å². The maximum atomic E-state index is 12.9. The molecule has 1 saturated heterocycles. The molecule has 1 fully saturated rings. The molecule has 9 heteroatoms. The van der Waals surface area contributed by atoms with E-state index in [0.717, 1.165) is 22.3 Å². The molecule has 0 aliphatic carbocycles. The summed E-state index contributed by atoms with van der Waals surface area (Å²) in [5, 5.41) is 2.70. The van der Waals surface area contributed by atoms with E-state index in [-0.39, 0.29) is 22.1 Å². The van der Waals surface area contributed by atoms with Crippen molar-refractivity contribution in [3.63, 3.8) is 0 Å². The van der Waals surface area contributed by atoms with Crippen molar-refractivity contribution in [2.24, 2.45) is 0 Å². The quantitative estimate of drug-likeness (QED) is 0.265. The highest BCUT2D eigenvalue weighted by Crippen LogP contribution is 2.39. The summed E-state index contributed by atoms with van der Waals surface area (Å²) in [5.74, 6) is 0.202. The van der Waals surface area contributed by atoms with Gasteiger partial charge in [-0.05, 0) is 78.6 Å². The van der Waals surface area contributed by atoms with Crippen LogP contribution < -0.4 is 10.0 Å². The minimum Gasteiger partial charge on any atom is -0.322 e. The van der Waals surface area contributed by atoms with Gasteiger partial charge in [-0.2, -0.15) is 0 Å². The predicted octanol–water partition coefficient (Wildman–Crippen LogP) is 6.13. The molecule has 7 nitrogen and oxygen atoms in total. The first-order valence-corrected chi connectivity index (χ1v) is 15.3. The maximum Gasteiger partial charge on any atom is 0.261 e. The molecule has 40 heavy (non-hydrogen) atoms. The van der Waals surface area contributed by atoms with Crippen molar-refractivity contribution in [3.05, 3.63) is 125 Å². The van der Waals surface area contributed by atoms with Crippen LogP contribution in [0.1, 0.15) is 38.0 Å². The first-order valence-electron chi connectivity index (χ1n) is 12.8. The molecule has 0 saturated carbocycles. The molecule has 1 atom stereocenters. The van der Waals surface area contributed by atoms with E-state index < -0.39 is 10.0 Å². The molecule has 2 amide bonds. The standard InChI is InChI=1S/C31H29N3O4S2/c1-21-8-9-22(2)28(18-21)33-40(37,38)27-16-14-26(15-17-27)32-30(36)24-10-12-25(13-11-24)31-34(29(35)20-39-31)19-23-6-4-3-5-7-23/h3-18,31,33H,19-20H2,1-2H3,(H,32,36). The molecule has 0 spiro atoms. The topological polar surface area (TPSA) is 95.6 Å². The molecule has 1 aliphatic heterocycles. The third-order valence-corrected chi connectivity index (χ3v) is 9.32. The maximum absolute atomic E-state index is 12.9. The van der Waals surface area contributed by atoms with Crippen molar-refractivity contribution >= 4 is 45.0 Å². The van der Waals surface area contributed by atoms with Crippen LogP contribution in [0.25, 0.3) is 0 Å². The van der Waals surface area contributed by atoms with Gasteiger partial charge in [0.2, 0.25) is 5.91 Å². The SMILES string of the molecule is Cc1ccc(C)c(NS(=O)(=O)c2ccc(NC(=O)c3ccc(C4SCC(=O)N4Cc4ccccc4)cc3)cc2)c1. The smallest absolute Gasteiger partial charge is 0.261 e. The minimum absolute atomic E-state index is 0.0929. The Kier molecular flexibility index (Phi) is 7.95. The number of anilines is 2. The van der Waals surface area contributed by atoms with Crippen LogP contribution in [0.4, 0.5) is 11.4 Å². The largest absolute Gasteiger partial charge is 0.322 e. The van der Waals surface area contributed by atoms with Gasteiger partial charge in [0.05, 0.1) is 16.3 Å². The fourth-order valence-electron chi connectivity index (χ4n) is 4.45. The monoisotopic (exact) mass is 571 g/mol. The Bertz CT molecular complexity index is 1640. The van der Waals surface area contributed by atoms with Crippen molar-refractivity contribution in [2.45, 2.75) is 30.7 Å². The summed E-state index contributed by atoms with van der Waals surface area (Å²) in [5.41, 5.74) is 5.27. The molecule has 1 heterocycles. The van der Waals surface area contributed by atoms with Gasteiger partial charge in [0.25, 0.3) is 15.9 Å². The molecule has 1 unspecified atom stereocenters. The third-order valence-electron chi connectivity index (χ3n) is 6.68. The number of benzene rings is 4. The fraction of sp³-hybridized carbons (Fsp3) is 0.161. The summed E-state index contributed by atoms with van der Waals surface area (Å²) in [6, 6.07) is 28.7. The van der Waals surface area contributed by atoms with Crippen LogP contribution in [0.2, 0.25) is 0 Å². The van der Waals surface area contributed by atoms with Crippen molar-refractivity contribution in [1.82, 2.24) is 4.90 Å². The van der Waals surface area contributed by atoms with E-state index in [1.165, 1.54) is 12.1 Å². The Morgan fingerprint density at radius 2 is 1.62 bits per heavy atom. The van der Waals surface area contributed by atoms with E-state index in [2.05, 4.69) is 10.0 Å². The Balaban J connectivity index is 1.23. The Morgan fingerprint density at radius 1 is 0.925 bits per heavy atom. The second-order valence-electron chi connectivity index (χ2n) is 9.69. The van der Waals surface area contributed by atoms with E-state index in [4.69, 9.17) is 0 Å². The Labute approximate surface area is 238 Å². The van der Waals surface area contributed by atoms with Gasteiger partial charge >= 0.3 is 0 Å². The van der Waals surface area contributed by atoms with Gasteiger partial charge < -0.3 is 10.2 Å². The van der Waals surface area contributed by atoms with Crippen molar-refractivity contribution < 1.29 is 18.0 Å². The van der Waals surface area contributed by atoms with Gasteiger partial charge in [0.15, 0.2) is 0 Å². The molecular weight excluding hydrogens is 542 g/mol. The average Bonchev–Trinajstić information content (AvgIpc) is 3.31.